The van der Waals surface area contributed by atoms with Crippen LogP contribution in [0.1, 0.15) is 24.9 Å². The Labute approximate surface area is 108 Å². The van der Waals surface area contributed by atoms with E-state index in [2.05, 4.69) is 5.32 Å². The molecule has 1 aromatic carbocycles. The maximum atomic E-state index is 13.2. The largest absolute Gasteiger partial charge is 0.349 e. The first-order chi connectivity index (χ1) is 7.95. The molecule has 0 aliphatic heterocycles. The first-order valence-electron chi connectivity index (χ1n) is 4.76. The van der Waals surface area contributed by atoms with Gasteiger partial charge < -0.3 is 5.32 Å². The molecule has 1 aromatic rings. The van der Waals surface area contributed by atoms with E-state index in [9.17, 15) is 9.18 Å². The molecular formula is C11H9Cl2FN2O. The van der Waals surface area contributed by atoms with Gasteiger partial charge in [0.1, 0.15) is 12.2 Å². The smallest absolute Gasteiger partial charge is 0.234 e. The van der Waals surface area contributed by atoms with Gasteiger partial charge in [-0.2, -0.15) is 5.26 Å². The zero-order chi connectivity index (χ0) is 13.0. The molecule has 1 N–H and O–H groups in total. The number of amides is 1. The predicted molar refractivity (Wildman–Crippen MR) is 63.2 cm³/mol. The van der Waals surface area contributed by atoms with Crippen molar-refractivity contribution in [1.82, 2.24) is 5.32 Å². The first-order valence-corrected chi connectivity index (χ1v) is 5.52. The van der Waals surface area contributed by atoms with Gasteiger partial charge in [-0.05, 0) is 24.6 Å². The fourth-order valence-electron chi connectivity index (χ4n) is 1.31. The average Bonchev–Trinajstić information content (AvgIpc) is 2.23. The van der Waals surface area contributed by atoms with Gasteiger partial charge in [-0.1, -0.05) is 23.2 Å². The molecule has 0 radical (unpaired) electrons. The molecule has 90 valence electrons. The SMILES string of the molecule is C[C@H](NC(=O)CC#N)c1cc(F)c(Cl)cc1Cl. The molecule has 0 aliphatic rings. The van der Waals surface area contributed by atoms with Crippen molar-refractivity contribution in [3.63, 3.8) is 0 Å². The number of benzene rings is 1. The summed E-state index contributed by atoms with van der Waals surface area (Å²) in [5.74, 6) is -1.04. The van der Waals surface area contributed by atoms with Crippen molar-refractivity contribution < 1.29 is 9.18 Å². The first kappa shape index (κ1) is 13.8. The number of rotatable bonds is 3. The molecule has 1 atom stereocenters. The minimum absolute atomic E-state index is 0.0747. The summed E-state index contributed by atoms with van der Waals surface area (Å²) in [5.41, 5.74) is 0.417. The van der Waals surface area contributed by atoms with Gasteiger partial charge in [0.2, 0.25) is 5.91 Å². The van der Waals surface area contributed by atoms with E-state index in [0.717, 1.165) is 0 Å². The maximum absolute atomic E-state index is 13.2. The highest BCUT2D eigenvalue weighted by atomic mass is 35.5. The zero-order valence-corrected chi connectivity index (χ0v) is 10.4. The van der Waals surface area contributed by atoms with Crippen LogP contribution in [0.4, 0.5) is 4.39 Å². The lowest BCUT2D eigenvalue weighted by Crippen LogP contribution is -2.26. The van der Waals surface area contributed by atoms with Crippen LogP contribution in [-0.2, 0) is 4.79 Å². The Bertz CT molecular complexity index is 485. The Morgan fingerprint density at radius 1 is 1.53 bits per heavy atom. The second kappa shape index (κ2) is 5.85. The number of nitrogens with zero attached hydrogens (tertiary/aromatic N) is 1. The molecule has 3 nitrogen and oxygen atoms in total. The van der Waals surface area contributed by atoms with Crippen molar-refractivity contribution >= 4 is 29.1 Å². The molecule has 0 unspecified atom stereocenters. The third kappa shape index (κ3) is 3.58. The van der Waals surface area contributed by atoms with E-state index in [1.807, 2.05) is 0 Å². The number of nitrogens with one attached hydrogen (secondary N) is 1. The summed E-state index contributed by atoms with van der Waals surface area (Å²) in [6.07, 6.45) is -0.252. The second-order valence-electron chi connectivity index (χ2n) is 3.41. The number of hydrogen-bond donors (Lipinski definition) is 1. The van der Waals surface area contributed by atoms with Crippen molar-refractivity contribution in [3.05, 3.63) is 33.6 Å². The highest BCUT2D eigenvalue weighted by molar-refractivity contribution is 6.35. The molecule has 0 aliphatic carbocycles. The second-order valence-corrected chi connectivity index (χ2v) is 4.23. The summed E-state index contributed by atoms with van der Waals surface area (Å²) in [4.78, 5) is 11.2. The Morgan fingerprint density at radius 2 is 2.18 bits per heavy atom. The molecule has 0 spiro atoms. The number of carbonyl (C=O) groups excluding carboxylic acids is 1. The van der Waals surface area contributed by atoms with Crippen LogP contribution in [-0.4, -0.2) is 5.91 Å². The number of nitriles is 1. The van der Waals surface area contributed by atoms with Gasteiger partial charge in [-0.15, -0.1) is 0 Å². The molecule has 0 bridgehead atoms. The van der Waals surface area contributed by atoms with E-state index in [1.165, 1.54) is 12.1 Å². The minimum Gasteiger partial charge on any atom is -0.349 e. The van der Waals surface area contributed by atoms with Crippen molar-refractivity contribution in [3.8, 4) is 6.07 Å². The molecule has 0 fully saturated rings. The van der Waals surface area contributed by atoms with Gasteiger partial charge in [0.25, 0.3) is 0 Å². The molecule has 0 aromatic heterocycles. The fourth-order valence-corrected chi connectivity index (χ4v) is 1.86. The van der Waals surface area contributed by atoms with Crippen LogP contribution in [0.15, 0.2) is 12.1 Å². The number of halogens is 3. The average molecular weight is 275 g/mol. The molecule has 17 heavy (non-hydrogen) atoms. The van der Waals surface area contributed by atoms with Gasteiger partial charge in [0.15, 0.2) is 0 Å². The van der Waals surface area contributed by atoms with E-state index in [-0.39, 0.29) is 16.5 Å². The van der Waals surface area contributed by atoms with Gasteiger partial charge in [0.05, 0.1) is 17.1 Å². The molecule has 0 saturated heterocycles. The summed E-state index contributed by atoms with van der Waals surface area (Å²) >= 11 is 11.4. The Hall–Kier alpha value is -1.31. The van der Waals surface area contributed by atoms with Crippen molar-refractivity contribution in [1.29, 1.82) is 5.26 Å². The number of hydrogen-bond acceptors (Lipinski definition) is 2. The normalized spacial score (nSPS) is 11.7. The molecule has 0 heterocycles. The Morgan fingerprint density at radius 3 is 2.76 bits per heavy atom. The highest BCUT2D eigenvalue weighted by Crippen LogP contribution is 2.28. The standard InChI is InChI=1S/C11H9Cl2FN2O/c1-6(16-11(17)2-3-15)7-4-10(14)9(13)5-8(7)12/h4-6H,2H2,1H3,(H,16,17)/t6-/m0/s1. The lowest BCUT2D eigenvalue weighted by molar-refractivity contribution is -0.120. The molecule has 1 rings (SSSR count). The van der Waals surface area contributed by atoms with Crippen LogP contribution in [0.5, 0.6) is 0 Å². The lowest BCUT2D eigenvalue weighted by atomic mass is 10.1. The van der Waals surface area contributed by atoms with Crippen molar-refractivity contribution in [2.24, 2.45) is 0 Å². The third-order valence-corrected chi connectivity index (χ3v) is 2.74. The topological polar surface area (TPSA) is 52.9 Å². The van der Waals surface area contributed by atoms with Crippen LogP contribution in [0.2, 0.25) is 10.0 Å². The van der Waals surface area contributed by atoms with Gasteiger partial charge in [0, 0.05) is 5.02 Å². The molecule has 1 amide bonds. The van der Waals surface area contributed by atoms with E-state index in [4.69, 9.17) is 28.5 Å². The summed E-state index contributed by atoms with van der Waals surface area (Å²) in [6.45, 7) is 1.64. The fraction of sp³-hybridized carbons (Fsp3) is 0.273. The van der Waals surface area contributed by atoms with Crippen molar-refractivity contribution in [2.75, 3.05) is 0 Å². The van der Waals surface area contributed by atoms with Gasteiger partial charge in [-0.3, -0.25) is 4.79 Å². The van der Waals surface area contributed by atoms with Crippen LogP contribution in [0, 0.1) is 17.1 Å². The van der Waals surface area contributed by atoms with Gasteiger partial charge >= 0.3 is 0 Å². The van der Waals surface area contributed by atoms with E-state index < -0.39 is 17.8 Å². The Kier molecular flexibility index (Phi) is 4.73. The van der Waals surface area contributed by atoms with E-state index >= 15 is 0 Å². The van der Waals surface area contributed by atoms with Crippen LogP contribution < -0.4 is 5.32 Å². The van der Waals surface area contributed by atoms with Crippen LogP contribution in [0.3, 0.4) is 0 Å². The van der Waals surface area contributed by atoms with E-state index in [0.29, 0.717) is 5.56 Å². The summed E-state index contributed by atoms with van der Waals surface area (Å²) in [6, 6.07) is 3.68. The number of carbonyl (C=O) groups is 1. The van der Waals surface area contributed by atoms with Gasteiger partial charge in [-0.25, -0.2) is 4.39 Å². The zero-order valence-electron chi connectivity index (χ0n) is 8.93. The Balaban J connectivity index is 2.90. The third-order valence-electron chi connectivity index (χ3n) is 2.12. The minimum atomic E-state index is -0.604. The summed E-state index contributed by atoms with van der Waals surface area (Å²) in [7, 11) is 0. The summed E-state index contributed by atoms with van der Waals surface area (Å²) in [5, 5.41) is 11.1. The lowest BCUT2D eigenvalue weighted by Gasteiger charge is -2.15. The maximum Gasteiger partial charge on any atom is 0.234 e. The highest BCUT2D eigenvalue weighted by Gasteiger charge is 2.15. The molecular weight excluding hydrogens is 266 g/mol. The van der Waals surface area contributed by atoms with E-state index in [1.54, 1.807) is 13.0 Å². The monoisotopic (exact) mass is 274 g/mol. The van der Waals surface area contributed by atoms with Crippen LogP contribution >= 0.6 is 23.2 Å². The quantitative estimate of drug-likeness (QED) is 0.861. The van der Waals surface area contributed by atoms with Crippen molar-refractivity contribution in [2.45, 2.75) is 19.4 Å². The predicted octanol–water partition coefficient (Wildman–Crippen LogP) is 3.22. The molecule has 6 heteroatoms. The molecule has 0 saturated carbocycles. The van der Waals surface area contributed by atoms with Crippen LogP contribution in [0.25, 0.3) is 0 Å². The summed E-state index contributed by atoms with van der Waals surface area (Å²) < 4.78 is 13.2.